The second-order valence-corrected chi connectivity index (χ2v) is 31.0. The summed E-state index contributed by atoms with van der Waals surface area (Å²) in [7, 11) is 0. The summed E-state index contributed by atoms with van der Waals surface area (Å²) in [5.74, 6) is 16.0. The lowest BCUT2D eigenvalue weighted by atomic mass is 9.69. The monoisotopic (exact) mass is 1270 g/mol. The van der Waals surface area contributed by atoms with Crippen molar-refractivity contribution >= 4 is 30.8 Å². The third-order valence-electron chi connectivity index (χ3n) is 28.4. The van der Waals surface area contributed by atoms with Gasteiger partial charge in [0.2, 0.25) is 0 Å². The Balaban J connectivity index is 0.0000000874. The molecule has 19 heteroatoms. The summed E-state index contributed by atoms with van der Waals surface area (Å²) in [4.78, 5) is 56.0. The van der Waals surface area contributed by atoms with Gasteiger partial charge in [-0.05, 0) is 186 Å². The van der Waals surface area contributed by atoms with Crippen LogP contribution in [-0.2, 0) is 66.3 Å². The van der Waals surface area contributed by atoms with E-state index >= 15 is 0 Å². The highest BCUT2D eigenvalue weighted by Gasteiger charge is 2.76. The van der Waals surface area contributed by atoms with Crippen molar-refractivity contribution in [1.82, 2.24) is 0 Å². The van der Waals surface area contributed by atoms with Gasteiger partial charge in [-0.3, -0.25) is 0 Å². The number of carbonyl (C=O) groups excluding carboxylic acids is 5. The Morgan fingerprint density at radius 2 is 0.429 bits per heavy atom. The average Bonchev–Trinajstić information content (AvgIpc) is 1.58. The zero-order chi connectivity index (χ0) is 62.9. The quantitative estimate of drug-likeness (QED) is 0.125. The molecule has 0 aromatic heterocycles. The zero-order valence-corrected chi connectivity index (χ0v) is 55.4. The Morgan fingerprint density at radius 1 is 0.231 bits per heavy atom. The van der Waals surface area contributed by atoms with Crippen LogP contribution in [0, 0.1) is 130 Å². The second kappa shape index (κ2) is 23.8. The van der Waals surface area contributed by atoms with Crippen LogP contribution in [0.2, 0.25) is 0 Å². The summed E-state index contributed by atoms with van der Waals surface area (Å²) >= 11 is 0. The third-order valence-corrected chi connectivity index (χ3v) is 28.4. The number of fused-ring (bicyclic) bond motifs is 60. The van der Waals surface area contributed by atoms with E-state index in [0.29, 0.717) is 95.4 Å². The second-order valence-electron chi connectivity index (χ2n) is 31.0. The highest BCUT2D eigenvalue weighted by atomic mass is 16.8. The molecule has 40 atom stereocenters. The first kappa shape index (κ1) is 62.0. The molecule has 0 N–H and O–H groups in total. The molecule has 12 aliphatic carbocycles. The number of hydrogen-bond acceptors (Lipinski definition) is 19. The van der Waals surface area contributed by atoms with Crippen LogP contribution in [0.15, 0.2) is 0 Å². The molecule has 506 valence electrons. The Kier molecular flexibility index (Phi) is 16.2. The van der Waals surface area contributed by atoms with E-state index in [1.165, 1.54) is 96.3 Å². The lowest BCUT2D eigenvalue weighted by molar-refractivity contribution is -0.0317. The van der Waals surface area contributed by atoms with Crippen LogP contribution in [0.5, 0.6) is 0 Å². The lowest BCUT2D eigenvalue weighted by Gasteiger charge is -2.38. The summed E-state index contributed by atoms with van der Waals surface area (Å²) < 4.78 is 77.0. The summed E-state index contributed by atoms with van der Waals surface area (Å²) in [6.45, 7) is 20.2. The van der Waals surface area contributed by atoms with E-state index in [1.807, 2.05) is 55.4 Å². The Bertz CT molecular complexity index is 2180. The van der Waals surface area contributed by atoms with Crippen LogP contribution in [0.1, 0.15) is 178 Å². The molecular weight excluding hydrogens is 1170 g/mol. The Morgan fingerprint density at radius 3 is 0.681 bits per heavy atom. The fraction of sp³-hybridized carbons (Fsp3) is 0.931. The van der Waals surface area contributed by atoms with Crippen LogP contribution < -0.4 is 0 Å². The average molecular weight is 1270 g/mol. The summed E-state index contributed by atoms with van der Waals surface area (Å²) in [6, 6.07) is 0. The number of ether oxygens (including phenoxy) is 14. The van der Waals surface area contributed by atoms with Crippen molar-refractivity contribution in [3.05, 3.63) is 0 Å². The molecule has 25 fully saturated rings. The summed E-state index contributed by atoms with van der Waals surface area (Å²) in [5, 5.41) is 0. The van der Waals surface area contributed by atoms with Crippen LogP contribution >= 0.6 is 0 Å². The smallest absolute Gasteiger partial charge is 0.427 e. The number of hydrogen-bond donors (Lipinski definition) is 0. The molecule has 0 spiro atoms. The molecule has 91 heavy (non-hydrogen) atoms. The van der Waals surface area contributed by atoms with E-state index in [4.69, 9.17) is 66.3 Å². The molecule has 0 amide bonds. The van der Waals surface area contributed by atoms with Crippen molar-refractivity contribution in [2.45, 2.75) is 288 Å². The molecule has 13 heterocycles. The van der Waals surface area contributed by atoms with Crippen molar-refractivity contribution in [3.8, 4) is 0 Å². The topological polar surface area (TPSA) is 215 Å². The van der Waals surface area contributed by atoms with Gasteiger partial charge in [-0.1, -0.05) is 75.7 Å². The Hall–Kier alpha value is -3.81. The zero-order valence-electron chi connectivity index (χ0n) is 55.4. The van der Waals surface area contributed by atoms with Crippen LogP contribution in [0.3, 0.4) is 0 Å². The third kappa shape index (κ3) is 8.95. The maximum Gasteiger partial charge on any atom is 0.509 e. The predicted octanol–water partition coefficient (Wildman–Crippen LogP) is 13.1. The molecule has 19 nitrogen and oxygen atoms in total. The highest BCUT2D eigenvalue weighted by molar-refractivity contribution is 5.65. The minimum absolute atomic E-state index is 0.0155. The van der Waals surface area contributed by atoms with Gasteiger partial charge < -0.3 is 66.3 Å². The fourth-order valence-corrected chi connectivity index (χ4v) is 27.0. The lowest BCUT2D eigenvalue weighted by Crippen LogP contribution is -2.48. The SMILES string of the molecule is CC.CC.CC.CC.CCC.O=C1OC2C(O1)C1OC2C2C3CCC(C3)C12.O=C1OC2C(O1)C1OC2C2C3CCC(O3)C12.O=C1OC2C3CC(C2O1)C1C2CCC(C2)C31.O=C1OC2C3CC(C2O1)C1C2CCC(C2)C31.O=C1OC2C3CC(C2O1)C1C2CCC(O2)C31. The van der Waals surface area contributed by atoms with E-state index < -0.39 is 30.8 Å². The van der Waals surface area contributed by atoms with Crippen molar-refractivity contribution in [3.63, 3.8) is 0 Å². The molecule has 12 saturated carbocycles. The van der Waals surface area contributed by atoms with Crippen LogP contribution in [0.4, 0.5) is 24.0 Å². The van der Waals surface area contributed by atoms with Crippen LogP contribution in [-0.4, -0.2) is 141 Å². The molecule has 0 aromatic carbocycles. The largest absolute Gasteiger partial charge is 0.509 e. The number of carbonyl (C=O) groups is 5. The van der Waals surface area contributed by atoms with Gasteiger partial charge in [-0.25, -0.2) is 24.0 Å². The molecule has 25 aliphatic rings. The summed E-state index contributed by atoms with van der Waals surface area (Å²) in [5.41, 5.74) is 0. The minimum atomic E-state index is -0.526. The fourth-order valence-electron chi connectivity index (χ4n) is 27.0. The van der Waals surface area contributed by atoms with E-state index in [9.17, 15) is 24.0 Å². The maximum absolute atomic E-state index is 11.2. The van der Waals surface area contributed by atoms with E-state index in [0.717, 1.165) is 72.0 Å². The van der Waals surface area contributed by atoms with E-state index in [2.05, 4.69) is 13.8 Å². The molecule has 20 bridgehead atoms. The van der Waals surface area contributed by atoms with Crippen molar-refractivity contribution in [1.29, 1.82) is 0 Å². The molecule has 0 radical (unpaired) electrons. The molecule has 40 unspecified atom stereocenters. The van der Waals surface area contributed by atoms with Gasteiger partial charge in [-0.15, -0.1) is 0 Å². The first-order chi connectivity index (χ1) is 44.5. The van der Waals surface area contributed by atoms with Crippen molar-refractivity contribution < 1.29 is 90.3 Å². The van der Waals surface area contributed by atoms with Gasteiger partial charge in [0.1, 0.15) is 61.0 Å². The predicted molar refractivity (Wildman–Crippen MR) is 322 cm³/mol. The minimum Gasteiger partial charge on any atom is -0.427 e. The van der Waals surface area contributed by atoms with Gasteiger partial charge in [0.25, 0.3) is 0 Å². The standard InChI is InChI=1S/2C13H16O3.2C12H14O4.C11H12O5.C3H8.4C2H6/c2*14-13-15-11-7-4-8(12(11)16-13)10-6-2-1-5(3-6)9(7)10;13-12-15-10-4-3-5(11(10)16-12)9-7-2-1-6(14-7)8(4)9;13-12-15-10-8-6-4-1-2-5(3-4)7(6)9(14-8)11(10)16-12;12-11-15-9-7-5-3-1-2-4(13-3)6(5)8(14-7)10(9)16-11;1-3-2;4*1-2/h2*5-12H,1-4H2;2*4-11H,1-3H2;3-10H,1-2H2;3H2,1-2H3;4*1-2H3. The van der Waals surface area contributed by atoms with Crippen LogP contribution in [0.25, 0.3) is 0 Å². The first-order valence-corrected chi connectivity index (χ1v) is 37.5. The molecule has 13 aliphatic heterocycles. The van der Waals surface area contributed by atoms with Crippen molar-refractivity contribution in [2.24, 2.45) is 130 Å². The molecular formula is C72H104O19. The molecule has 0 aromatic rings. The number of rotatable bonds is 0. The maximum atomic E-state index is 11.2. The Labute approximate surface area is 537 Å². The van der Waals surface area contributed by atoms with Gasteiger partial charge in [0.15, 0.2) is 24.4 Å². The highest BCUT2D eigenvalue weighted by Crippen LogP contribution is 2.72. The van der Waals surface area contributed by atoms with Crippen molar-refractivity contribution in [2.75, 3.05) is 0 Å². The van der Waals surface area contributed by atoms with E-state index in [1.54, 1.807) is 0 Å². The normalized spacial score (nSPS) is 57.1. The summed E-state index contributed by atoms with van der Waals surface area (Å²) in [6.07, 6.45) is 22.0. The van der Waals surface area contributed by atoms with Gasteiger partial charge in [-0.2, -0.15) is 0 Å². The van der Waals surface area contributed by atoms with E-state index in [-0.39, 0.29) is 85.5 Å². The van der Waals surface area contributed by atoms with Gasteiger partial charge in [0, 0.05) is 47.3 Å². The van der Waals surface area contributed by atoms with Gasteiger partial charge in [0.05, 0.1) is 24.4 Å². The molecule has 25 rings (SSSR count). The first-order valence-electron chi connectivity index (χ1n) is 37.5. The molecule has 13 saturated heterocycles. The van der Waals surface area contributed by atoms with Gasteiger partial charge >= 0.3 is 30.8 Å².